The second kappa shape index (κ2) is 3.02. The molecule has 0 aliphatic rings. The summed E-state index contributed by atoms with van der Waals surface area (Å²) in [5, 5.41) is 12.1. The topological polar surface area (TPSA) is 93.2 Å². The van der Waals surface area contributed by atoms with Crippen molar-refractivity contribution in [3.8, 4) is 0 Å². The number of carbonyl (C=O) groups is 1. The Hall–Kier alpha value is -1.56. The first-order valence-corrected chi connectivity index (χ1v) is 2.94. The summed E-state index contributed by atoms with van der Waals surface area (Å²) in [4.78, 5) is 10.2. The zero-order valence-electron chi connectivity index (χ0n) is 5.69. The molecule has 0 atom stereocenters. The normalized spacial score (nSPS) is 9.55. The van der Waals surface area contributed by atoms with Gasteiger partial charge in [-0.3, -0.25) is 9.48 Å². The maximum Gasteiger partial charge on any atom is 0.325 e. The molecular weight excluding hydrogens is 148 g/mol. The second-order valence-corrected chi connectivity index (χ2v) is 1.94. The van der Waals surface area contributed by atoms with Gasteiger partial charge in [0.25, 0.3) is 0 Å². The van der Waals surface area contributed by atoms with Gasteiger partial charge in [-0.1, -0.05) is 0 Å². The molecule has 0 bridgehead atoms. The summed E-state index contributed by atoms with van der Waals surface area (Å²) in [6.07, 6.45) is 1.53. The molecule has 6 nitrogen and oxygen atoms in total. The third-order valence-electron chi connectivity index (χ3n) is 1.09. The molecule has 0 amide bonds. The van der Waals surface area contributed by atoms with Crippen LogP contribution in [0.4, 0.5) is 5.82 Å². The van der Waals surface area contributed by atoms with Crippen LogP contribution in [0.2, 0.25) is 0 Å². The van der Waals surface area contributed by atoms with Gasteiger partial charge in [0.15, 0.2) is 5.82 Å². The maximum absolute atomic E-state index is 10.2. The lowest BCUT2D eigenvalue weighted by Crippen LogP contribution is -2.11. The SMILES string of the molecule is NNc1ccn(CC(=O)O)n1. The minimum absolute atomic E-state index is 0.151. The van der Waals surface area contributed by atoms with Crippen LogP contribution in [0.5, 0.6) is 0 Å². The van der Waals surface area contributed by atoms with E-state index in [0.717, 1.165) is 0 Å². The Bertz CT molecular complexity index is 257. The molecule has 0 unspecified atom stereocenters. The number of aromatic nitrogens is 2. The van der Waals surface area contributed by atoms with Gasteiger partial charge in [-0.05, 0) is 0 Å². The molecule has 0 saturated heterocycles. The van der Waals surface area contributed by atoms with E-state index < -0.39 is 5.97 Å². The average molecular weight is 156 g/mol. The molecule has 0 radical (unpaired) electrons. The number of aliphatic carboxylic acids is 1. The molecule has 0 aliphatic heterocycles. The van der Waals surface area contributed by atoms with E-state index in [9.17, 15) is 4.79 Å². The van der Waals surface area contributed by atoms with Gasteiger partial charge in [0.05, 0.1) is 0 Å². The number of carboxylic acids is 1. The molecule has 1 aromatic rings. The lowest BCUT2D eigenvalue weighted by Gasteiger charge is -1.94. The standard InChI is InChI=1S/C5H8N4O2/c6-7-4-1-2-9(8-4)3-5(10)11/h1-2H,3,6H2,(H,7,8)(H,10,11). The number of nitrogens with one attached hydrogen (secondary N) is 1. The van der Waals surface area contributed by atoms with E-state index in [0.29, 0.717) is 5.82 Å². The highest BCUT2D eigenvalue weighted by atomic mass is 16.4. The van der Waals surface area contributed by atoms with E-state index in [2.05, 4.69) is 10.5 Å². The predicted octanol–water partition coefficient (Wildman–Crippen LogP) is -0.747. The van der Waals surface area contributed by atoms with Gasteiger partial charge < -0.3 is 10.5 Å². The summed E-state index contributed by atoms with van der Waals surface area (Å²) in [5.74, 6) is 4.54. The Morgan fingerprint density at radius 3 is 3.09 bits per heavy atom. The Morgan fingerprint density at radius 1 is 1.91 bits per heavy atom. The van der Waals surface area contributed by atoms with Crippen LogP contribution in [0.15, 0.2) is 12.3 Å². The van der Waals surface area contributed by atoms with Crippen LogP contribution in [0, 0.1) is 0 Å². The van der Waals surface area contributed by atoms with Crippen LogP contribution < -0.4 is 11.3 Å². The number of nitrogen functional groups attached to an aromatic ring is 1. The number of hydrogen-bond donors (Lipinski definition) is 3. The number of nitrogens with zero attached hydrogens (tertiary/aromatic N) is 2. The quantitative estimate of drug-likeness (QED) is 0.395. The highest BCUT2D eigenvalue weighted by Gasteiger charge is 2.00. The highest BCUT2D eigenvalue weighted by Crippen LogP contribution is 1.98. The van der Waals surface area contributed by atoms with E-state index in [1.165, 1.54) is 10.9 Å². The van der Waals surface area contributed by atoms with E-state index in [-0.39, 0.29) is 6.54 Å². The monoisotopic (exact) mass is 156 g/mol. The zero-order valence-corrected chi connectivity index (χ0v) is 5.69. The summed E-state index contributed by atoms with van der Waals surface area (Å²) in [5.41, 5.74) is 2.30. The van der Waals surface area contributed by atoms with Crippen LogP contribution in [-0.2, 0) is 11.3 Å². The highest BCUT2D eigenvalue weighted by molar-refractivity contribution is 5.66. The summed E-state index contributed by atoms with van der Waals surface area (Å²) in [7, 11) is 0. The minimum Gasteiger partial charge on any atom is -0.480 e. The Kier molecular flexibility index (Phi) is 2.07. The van der Waals surface area contributed by atoms with Crippen molar-refractivity contribution in [3.63, 3.8) is 0 Å². The smallest absolute Gasteiger partial charge is 0.325 e. The molecule has 1 rings (SSSR count). The first-order valence-electron chi connectivity index (χ1n) is 2.94. The number of carboxylic acid groups (broad SMARTS) is 1. The number of hydrogen-bond acceptors (Lipinski definition) is 4. The van der Waals surface area contributed by atoms with Gasteiger partial charge in [-0.15, -0.1) is 0 Å². The fraction of sp³-hybridized carbons (Fsp3) is 0.200. The van der Waals surface area contributed by atoms with Gasteiger partial charge in [0.1, 0.15) is 6.54 Å². The zero-order chi connectivity index (χ0) is 8.27. The molecule has 11 heavy (non-hydrogen) atoms. The molecular formula is C5H8N4O2. The van der Waals surface area contributed by atoms with Crippen molar-refractivity contribution >= 4 is 11.8 Å². The summed E-state index contributed by atoms with van der Waals surface area (Å²) >= 11 is 0. The number of anilines is 1. The summed E-state index contributed by atoms with van der Waals surface area (Å²) in [6, 6.07) is 1.59. The molecule has 0 spiro atoms. The molecule has 6 heteroatoms. The second-order valence-electron chi connectivity index (χ2n) is 1.94. The van der Waals surface area contributed by atoms with Crippen molar-refractivity contribution in [2.45, 2.75) is 6.54 Å². The third-order valence-corrected chi connectivity index (χ3v) is 1.09. The maximum atomic E-state index is 10.2. The number of hydrazine groups is 1. The largest absolute Gasteiger partial charge is 0.480 e. The Labute approximate surface area is 62.6 Å². The van der Waals surface area contributed by atoms with Crippen LogP contribution >= 0.6 is 0 Å². The van der Waals surface area contributed by atoms with Crippen molar-refractivity contribution in [1.82, 2.24) is 9.78 Å². The van der Waals surface area contributed by atoms with Gasteiger partial charge >= 0.3 is 5.97 Å². The Morgan fingerprint density at radius 2 is 2.64 bits per heavy atom. The molecule has 0 aromatic carbocycles. The van der Waals surface area contributed by atoms with E-state index in [1.807, 2.05) is 0 Å². The molecule has 0 saturated carbocycles. The van der Waals surface area contributed by atoms with Crippen LogP contribution in [0.3, 0.4) is 0 Å². The molecule has 60 valence electrons. The predicted molar refractivity (Wildman–Crippen MR) is 37.7 cm³/mol. The first-order chi connectivity index (χ1) is 5.22. The van der Waals surface area contributed by atoms with E-state index >= 15 is 0 Å². The molecule has 0 fully saturated rings. The van der Waals surface area contributed by atoms with Gasteiger partial charge in [0, 0.05) is 12.3 Å². The minimum atomic E-state index is -0.934. The van der Waals surface area contributed by atoms with Crippen molar-refractivity contribution in [2.24, 2.45) is 5.84 Å². The summed E-state index contributed by atoms with van der Waals surface area (Å²) < 4.78 is 1.28. The van der Waals surface area contributed by atoms with Crippen molar-refractivity contribution in [3.05, 3.63) is 12.3 Å². The Balaban J connectivity index is 2.65. The van der Waals surface area contributed by atoms with Crippen molar-refractivity contribution in [1.29, 1.82) is 0 Å². The van der Waals surface area contributed by atoms with E-state index in [1.54, 1.807) is 6.07 Å². The van der Waals surface area contributed by atoms with Gasteiger partial charge in [-0.2, -0.15) is 5.10 Å². The van der Waals surface area contributed by atoms with Crippen LogP contribution in [-0.4, -0.2) is 20.9 Å². The lowest BCUT2D eigenvalue weighted by atomic mass is 10.6. The summed E-state index contributed by atoms with van der Waals surface area (Å²) in [6.45, 7) is -0.151. The fourth-order valence-corrected chi connectivity index (χ4v) is 0.665. The average Bonchev–Trinajstić information content (AvgIpc) is 2.34. The molecule has 1 aromatic heterocycles. The van der Waals surface area contributed by atoms with Gasteiger partial charge in [0.2, 0.25) is 0 Å². The van der Waals surface area contributed by atoms with Crippen molar-refractivity contribution in [2.75, 3.05) is 5.43 Å². The number of rotatable bonds is 3. The fourth-order valence-electron chi connectivity index (χ4n) is 0.665. The van der Waals surface area contributed by atoms with Crippen LogP contribution in [0.25, 0.3) is 0 Å². The lowest BCUT2D eigenvalue weighted by molar-refractivity contribution is -0.137. The van der Waals surface area contributed by atoms with Crippen molar-refractivity contribution < 1.29 is 9.90 Å². The molecule has 4 N–H and O–H groups in total. The van der Waals surface area contributed by atoms with Crippen LogP contribution in [0.1, 0.15) is 0 Å². The molecule has 0 aliphatic carbocycles. The van der Waals surface area contributed by atoms with E-state index in [4.69, 9.17) is 10.9 Å². The third kappa shape index (κ3) is 1.94. The molecule has 1 heterocycles. The number of nitrogens with two attached hydrogens (primary N) is 1. The first kappa shape index (κ1) is 7.55. The van der Waals surface area contributed by atoms with Gasteiger partial charge in [-0.25, -0.2) is 5.84 Å².